The molecule has 0 bridgehead atoms. The van der Waals surface area contributed by atoms with Crippen LogP contribution < -0.4 is 10.2 Å². The lowest BCUT2D eigenvalue weighted by Crippen LogP contribution is -2.26. The Hall–Kier alpha value is -1.63. The number of aromatic nitrogens is 2. The van der Waals surface area contributed by atoms with E-state index in [0.29, 0.717) is 11.3 Å². The third-order valence-corrected chi connectivity index (χ3v) is 3.70. The van der Waals surface area contributed by atoms with Crippen molar-refractivity contribution < 1.29 is 28.0 Å². The molecule has 1 aromatic rings. The van der Waals surface area contributed by atoms with E-state index in [9.17, 15) is 18.0 Å². The lowest BCUT2D eigenvalue weighted by molar-refractivity contribution is -0.143. The quantitative estimate of drug-likeness (QED) is 0.437. The maximum Gasteiger partial charge on any atom is 0.331 e. The monoisotopic (exact) mass is 296 g/mol. The second kappa shape index (κ2) is 5.81. The zero-order valence-corrected chi connectivity index (χ0v) is 10.5. The molecule has 0 atom stereocenters. The van der Waals surface area contributed by atoms with E-state index in [1.807, 2.05) is 0 Å². The third kappa shape index (κ3) is 4.33. The minimum Gasteiger partial charge on any atom is -0.479 e. The molecule has 0 saturated heterocycles. The predicted molar refractivity (Wildman–Crippen MR) is 58.1 cm³/mol. The Bertz CT molecular complexity index is 552. The average Bonchev–Trinajstić information content (AvgIpc) is 2.64. The standard InChI is InChI=1S/C6H8N4O6S2/c1-3(11)7-5-8-9-6(17-5)18(14,15)10-16-2-4(12)13/h10H,2H2,1H3,(H,12,13)(H,7,8,11). The van der Waals surface area contributed by atoms with Crippen LogP contribution in [0.4, 0.5) is 5.13 Å². The number of hydrogen-bond acceptors (Lipinski definition) is 8. The minimum atomic E-state index is -4.11. The number of nitrogens with zero attached hydrogens (tertiary/aromatic N) is 2. The van der Waals surface area contributed by atoms with E-state index in [0.717, 1.165) is 0 Å². The van der Waals surface area contributed by atoms with Crippen LogP contribution in [0.3, 0.4) is 0 Å². The fourth-order valence-electron chi connectivity index (χ4n) is 0.724. The molecule has 0 aliphatic carbocycles. The molecule has 0 aliphatic rings. The van der Waals surface area contributed by atoms with Gasteiger partial charge in [0.1, 0.15) is 0 Å². The summed E-state index contributed by atoms with van der Waals surface area (Å²) < 4.78 is 22.5. The van der Waals surface area contributed by atoms with Crippen LogP contribution >= 0.6 is 11.3 Å². The Morgan fingerprint density at radius 2 is 2.11 bits per heavy atom. The molecule has 0 saturated carbocycles. The van der Waals surface area contributed by atoms with Crippen LogP contribution in [0.2, 0.25) is 0 Å². The van der Waals surface area contributed by atoms with Crippen LogP contribution in [0.5, 0.6) is 0 Å². The molecule has 0 aromatic carbocycles. The third-order valence-electron chi connectivity index (χ3n) is 1.28. The summed E-state index contributed by atoms with van der Waals surface area (Å²) in [5.74, 6) is -1.76. The molecule has 1 aromatic heterocycles. The zero-order chi connectivity index (χ0) is 13.8. The minimum absolute atomic E-state index is 0.00103. The van der Waals surface area contributed by atoms with E-state index >= 15 is 0 Å². The van der Waals surface area contributed by atoms with Crippen LogP contribution in [0.15, 0.2) is 4.34 Å². The SMILES string of the molecule is CC(=O)Nc1nnc(S(=O)(=O)NOCC(=O)O)s1. The summed E-state index contributed by atoms with van der Waals surface area (Å²) in [5.41, 5.74) is 0. The summed E-state index contributed by atoms with van der Waals surface area (Å²) in [7, 11) is -4.11. The van der Waals surface area contributed by atoms with Gasteiger partial charge in [-0.25, -0.2) is 13.2 Å². The molecule has 1 rings (SSSR count). The Balaban J connectivity index is 2.70. The molecular formula is C6H8N4O6S2. The Labute approximate surface area is 105 Å². The molecule has 0 radical (unpaired) electrons. The molecule has 0 fully saturated rings. The predicted octanol–water partition coefficient (Wildman–Crippen LogP) is -1.21. The van der Waals surface area contributed by atoms with Gasteiger partial charge < -0.3 is 10.4 Å². The largest absolute Gasteiger partial charge is 0.479 e. The van der Waals surface area contributed by atoms with Crippen LogP contribution in [-0.4, -0.2) is 42.2 Å². The Morgan fingerprint density at radius 3 is 2.67 bits per heavy atom. The average molecular weight is 296 g/mol. The number of rotatable bonds is 6. The molecular weight excluding hydrogens is 288 g/mol. The van der Waals surface area contributed by atoms with Crippen molar-refractivity contribution in [2.75, 3.05) is 11.9 Å². The van der Waals surface area contributed by atoms with Gasteiger partial charge in [-0.1, -0.05) is 16.2 Å². The molecule has 0 spiro atoms. The van der Waals surface area contributed by atoms with Gasteiger partial charge in [-0.2, -0.15) is 0 Å². The van der Waals surface area contributed by atoms with Gasteiger partial charge in [0.15, 0.2) is 6.61 Å². The van der Waals surface area contributed by atoms with Crippen molar-refractivity contribution in [1.82, 2.24) is 15.1 Å². The van der Waals surface area contributed by atoms with E-state index in [2.05, 4.69) is 20.4 Å². The summed E-state index contributed by atoms with van der Waals surface area (Å²) in [5, 5.41) is 17.2. The number of anilines is 1. The van der Waals surface area contributed by atoms with Gasteiger partial charge >= 0.3 is 5.97 Å². The number of carbonyl (C=O) groups is 2. The number of aliphatic carboxylic acids is 1. The number of carboxylic acids is 1. The molecule has 0 unspecified atom stereocenters. The van der Waals surface area contributed by atoms with E-state index < -0.39 is 32.8 Å². The fraction of sp³-hybridized carbons (Fsp3) is 0.333. The molecule has 12 heteroatoms. The smallest absolute Gasteiger partial charge is 0.331 e. The first-order valence-electron chi connectivity index (χ1n) is 4.28. The highest BCUT2D eigenvalue weighted by Gasteiger charge is 2.21. The summed E-state index contributed by atoms with van der Waals surface area (Å²) >= 11 is 0.595. The zero-order valence-electron chi connectivity index (χ0n) is 8.91. The van der Waals surface area contributed by atoms with Gasteiger partial charge in [-0.15, -0.1) is 10.2 Å². The van der Waals surface area contributed by atoms with Crippen LogP contribution in [0.25, 0.3) is 0 Å². The van der Waals surface area contributed by atoms with Crippen LogP contribution in [-0.2, 0) is 24.4 Å². The topological polar surface area (TPSA) is 148 Å². The molecule has 3 N–H and O–H groups in total. The normalized spacial score (nSPS) is 11.2. The highest BCUT2D eigenvalue weighted by atomic mass is 32.2. The fourth-order valence-corrected chi connectivity index (χ4v) is 2.46. The second-order valence-corrected chi connectivity index (χ2v) is 5.62. The lowest BCUT2D eigenvalue weighted by Gasteiger charge is -2.00. The number of amides is 1. The van der Waals surface area contributed by atoms with Gasteiger partial charge in [0.05, 0.1) is 0 Å². The van der Waals surface area contributed by atoms with Crippen molar-refractivity contribution in [2.24, 2.45) is 0 Å². The maximum absolute atomic E-state index is 11.5. The van der Waals surface area contributed by atoms with Crippen LogP contribution in [0, 0.1) is 0 Å². The van der Waals surface area contributed by atoms with E-state index in [-0.39, 0.29) is 5.13 Å². The van der Waals surface area contributed by atoms with Crippen molar-refractivity contribution in [3.05, 3.63) is 0 Å². The van der Waals surface area contributed by atoms with Crippen molar-refractivity contribution in [1.29, 1.82) is 0 Å². The highest BCUT2D eigenvalue weighted by Crippen LogP contribution is 2.19. The Morgan fingerprint density at radius 1 is 1.44 bits per heavy atom. The van der Waals surface area contributed by atoms with E-state index in [4.69, 9.17) is 5.11 Å². The van der Waals surface area contributed by atoms with Crippen molar-refractivity contribution >= 4 is 38.4 Å². The van der Waals surface area contributed by atoms with Gasteiger partial charge in [-0.3, -0.25) is 9.63 Å². The number of nitrogens with one attached hydrogen (secondary N) is 2. The molecule has 10 nitrogen and oxygen atoms in total. The summed E-state index contributed by atoms with van der Waals surface area (Å²) in [6, 6.07) is 0. The van der Waals surface area contributed by atoms with Crippen molar-refractivity contribution in [3.8, 4) is 0 Å². The van der Waals surface area contributed by atoms with Gasteiger partial charge in [0.2, 0.25) is 11.0 Å². The summed E-state index contributed by atoms with van der Waals surface area (Å²) in [6.07, 6.45) is 0. The second-order valence-electron chi connectivity index (χ2n) is 2.82. The molecule has 1 amide bonds. The summed E-state index contributed by atoms with van der Waals surface area (Å²) in [6.45, 7) is 0.389. The van der Waals surface area contributed by atoms with E-state index in [1.165, 1.54) is 6.92 Å². The maximum atomic E-state index is 11.5. The first-order valence-corrected chi connectivity index (χ1v) is 6.57. The number of sulfonamides is 1. The van der Waals surface area contributed by atoms with Gasteiger partial charge in [0.25, 0.3) is 14.4 Å². The highest BCUT2D eigenvalue weighted by molar-refractivity contribution is 7.91. The summed E-state index contributed by atoms with van der Waals surface area (Å²) in [4.78, 5) is 26.6. The Kier molecular flexibility index (Phi) is 4.66. The number of carbonyl (C=O) groups excluding carboxylic acids is 1. The van der Waals surface area contributed by atoms with E-state index in [1.54, 1.807) is 4.89 Å². The van der Waals surface area contributed by atoms with Crippen molar-refractivity contribution in [3.63, 3.8) is 0 Å². The van der Waals surface area contributed by atoms with Crippen LogP contribution in [0.1, 0.15) is 6.92 Å². The molecule has 100 valence electrons. The number of hydrogen-bond donors (Lipinski definition) is 3. The van der Waals surface area contributed by atoms with Crippen molar-refractivity contribution in [2.45, 2.75) is 11.3 Å². The van der Waals surface area contributed by atoms with Gasteiger partial charge in [-0.05, 0) is 0 Å². The molecule has 18 heavy (non-hydrogen) atoms. The molecule has 1 heterocycles. The first-order chi connectivity index (χ1) is 8.31. The lowest BCUT2D eigenvalue weighted by atomic mass is 10.7. The molecule has 0 aliphatic heterocycles. The van der Waals surface area contributed by atoms with Gasteiger partial charge in [0, 0.05) is 6.92 Å². The first kappa shape index (κ1) is 14.4. The number of carboxylic acid groups (broad SMARTS) is 1.